The molecule has 1 saturated carbocycles. The first-order chi connectivity index (χ1) is 7.71. The van der Waals surface area contributed by atoms with Crippen LogP contribution < -0.4 is 4.72 Å². The van der Waals surface area contributed by atoms with Crippen LogP contribution in [0.15, 0.2) is 0 Å². The lowest BCUT2D eigenvalue weighted by Gasteiger charge is -2.38. The number of carbonyl (C=O) groups is 1. The van der Waals surface area contributed by atoms with E-state index < -0.39 is 21.6 Å². The summed E-state index contributed by atoms with van der Waals surface area (Å²) in [6.07, 6.45) is 1.92. The van der Waals surface area contributed by atoms with Crippen LogP contribution in [0.2, 0.25) is 0 Å². The summed E-state index contributed by atoms with van der Waals surface area (Å²) in [5.74, 6) is -0.918. The molecule has 7 heteroatoms. The molecule has 100 valence electrons. The average Bonchev–Trinajstić information content (AvgIpc) is 2.13. The molecule has 0 spiro atoms. The molecule has 0 radical (unpaired) electrons. The zero-order valence-electron chi connectivity index (χ0n) is 10.4. The molecule has 0 amide bonds. The van der Waals surface area contributed by atoms with Crippen LogP contribution in [-0.2, 0) is 15.0 Å². The van der Waals surface area contributed by atoms with E-state index in [1.165, 1.54) is 11.4 Å². The second-order valence-electron chi connectivity index (χ2n) is 4.88. The Morgan fingerprint density at radius 1 is 1.47 bits per heavy atom. The first kappa shape index (κ1) is 14.4. The Hall–Kier alpha value is -0.660. The summed E-state index contributed by atoms with van der Waals surface area (Å²) in [6, 6.07) is -0.158. The monoisotopic (exact) mass is 264 g/mol. The van der Waals surface area contributed by atoms with E-state index in [2.05, 4.69) is 4.72 Å². The number of nitrogens with zero attached hydrogens (tertiary/aromatic N) is 1. The largest absolute Gasteiger partial charge is 0.481 e. The molecule has 6 nitrogen and oxygen atoms in total. The van der Waals surface area contributed by atoms with Crippen molar-refractivity contribution in [2.75, 3.05) is 13.6 Å². The lowest BCUT2D eigenvalue weighted by molar-refractivity contribution is -0.153. The molecule has 2 N–H and O–H groups in total. The predicted molar refractivity (Wildman–Crippen MR) is 63.7 cm³/mol. The van der Waals surface area contributed by atoms with Crippen LogP contribution in [-0.4, -0.2) is 43.4 Å². The van der Waals surface area contributed by atoms with Gasteiger partial charge in [-0.15, -0.1) is 0 Å². The lowest BCUT2D eigenvalue weighted by atomic mass is 9.69. The van der Waals surface area contributed by atoms with Gasteiger partial charge < -0.3 is 5.11 Å². The van der Waals surface area contributed by atoms with Gasteiger partial charge in [0.05, 0.1) is 5.41 Å². The third-order valence-electron chi connectivity index (χ3n) is 3.46. The maximum absolute atomic E-state index is 11.8. The molecule has 0 unspecified atom stereocenters. The molecule has 0 saturated heterocycles. The van der Waals surface area contributed by atoms with E-state index in [4.69, 9.17) is 5.11 Å². The van der Waals surface area contributed by atoms with E-state index in [1.807, 2.05) is 0 Å². The highest BCUT2D eigenvalue weighted by atomic mass is 32.2. The number of carboxylic acids is 1. The molecule has 0 atom stereocenters. The summed E-state index contributed by atoms with van der Waals surface area (Å²) in [5, 5.41) is 9.08. The van der Waals surface area contributed by atoms with Crippen molar-refractivity contribution in [2.45, 2.75) is 39.2 Å². The maximum atomic E-state index is 11.8. The highest BCUT2D eigenvalue weighted by Gasteiger charge is 2.45. The number of nitrogens with one attached hydrogen (secondary N) is 1. The van der Waals surface area contributed by atoms with Gasteiger partial charge in [-0.3, -0.25) is 4.79 Å². The van der Waals surface area contributed by atoms with Gasteiger partial charge in [-0.25, -0.2) is 4.72 Å². The van der Waals surface area contributed by atoms with Crippen LogP contribution in [0.1, 0.15) is 33.1 Å². The molecule has 0 aromatic rings. The van der Waals surface area contributed by atoms with Crippen molar-refractivity contribution in [2.24, 2.45) is 5.41 Å². The molecular formula is C10H20N2O4S. The highest BCUT2D eigenvalue weighted by Crippen LogP contribution is 2.40. The second kappa shape index (κ2) is 4.91. The fourth-order valence-electron chi connectivity index (χ4n) is 1.68. The highest BCUT2D eigenvalue weighted by molar-refractivity contribution is 7.87. The third kappa shape index (κ3) is 2.97. The lowest BCUT2D eigenvalue weighted by Crippen LogP contribution is -2.51. The smallest absolute Gasteiger partial charge is 0.310 e. The molecule has 0 aliphatic heterocycles. The average molecular weight is 264 g/mol. The zero-order chi connectivity index (χ0) is 13.3. The normalized spacial score (nSPS) is 19.4. The topological polar surface area (TPSA) is 86.7 Å². The van der Waals surface area contributed by atoms with Gasteiger partial charge >= 0.3 is 5.97 Å². The van der Waals surface area contributed by atoms with Crippen LogP contribution in [0.3, 0.4) is 0 Å². The molecule has 1 aliphatic rings. The minimum atomic E-state index is -3.58. The summed E-state index contributed by atoms with van der Waals surface area (Å²) >= 11 is 0. The first-order valence-corrected chi connectivity index (χ1v) is 7.11. The Balaban J connectivity index is 2.64. The molecular weight excluding hydrogens is 244 g/mol. The van der Waals surface area contributed by atoms with E-state index in [9.17, 15) is 13.2 Å². The zero-order valence-corrected chi connectivity index (χ0v) is 11.2. The van der Waals surface area contributed by atoms with Crippen molar-refractivity contribution in [3.05, 3.63) is 0 Å². The van der Waals surface area contributed by atoms with E-state index in [-0.39, 0.29) is 12.6 Å². The van der Waals surface area contributed by atoms with Crippen molar-refractivity contribution in [3.63, 3.8) is 0 Å². The van der Waals surface area contributed by atoms with Crippen LogP contribution in [0, 0.1) is 5.41 Å². The second-order valence-corrected chi connectivity index (χ2v) is 6.69. The SMILES string of the molecule is CC(C)N(C)S(=O)(=O)NCC1(C(=O)O)CCC1. The van der Waals surface area contributed by atoms with E-state index in [1.54, 1.807) is 13.8 Å². The van der Waals surface area contributed by atoms with Crippen LogP contribution in [0.5, 0.6) is 0 Å². The van der Waals surface area contributed by atoms with E-state index in [0.717, 1.165) is 6.42 Å². The summed E-state index contributed by atoms with van der Waals surface area (Å²) in [7, 11) is -2.11. The van der Waals surface area contributed by atoms with Gasteiger partial charge in [0, 0.05) is 19.6 Å². The summed E-state index contributed by atoms with van der Waals surface area (Å²) < 4.78 is 27.2. The Morgan fingerprint density at radius 2 is 2.00 bits per heavy atom. The first-order valence-electron chi connectivity index (χ1n) is 5.67. The van der Waals surface area contributed by atoms with Gasteiger partial charge in [0.1, 0.15) is 0 Å². The van der Waals surface area contributed by atoms with Crippen LogP contribution in [0.4, 0.5) is 0 Å². The predicted octanol–water partition coefficient (Wildman–Crippen LogP) is 0.416. The van der Waals surface area contributed by atoms with Gasteiger partial charge in [-0.1, -0.05) is 6.42 Å². The summed E-state index contributed by atoms with van der Waals surface area (Å²) in [5.41, 5.74) is -0.898. The van der Waals surface area contributed by atoms with E-state index in [0.29, 0.717) is 12.8 Å². The number of rotatable bonds is 6. The number of aliphatic carboxylic acids is 1. The minimum Gasteiger partial charge on any atom is -0.481 e. The summed E-state index contributed by atoms with van der Waals surface area (Å²) in [4.78, 5) is 11.1. The molecule has 17 heavy (non-hydrogen) atoms. The van der Waals surface area contributed by atoms with Crippen molar-refractivity contribution in [3.8, 4) is 0 Å². The molecule has 1 fully saturated rings. The number of hydrogen-bond acceptors (Lipinski definition) is 3. The Morgan fingerprint density at radius 3 is 2.29 bits per heavy atom. The fraction of sp³-hybridized carbons (Fsp3) is 0.900. The van der Waals surface area contributed by atoms with Crippen LogP contribution >= 0.6 is 0 Å². The molecule has 0 aromatic carbocycles. The Bertz CT molecular complexity index is 387. The van der Waals surface area contributed by atoms with Gasteiger partial charge in [-0.2, -0.15) is 12.7 Å². The fourth-order valence-corrected chi connectivity index (χ4v) is 2.90. The quantitative estimate of drug-likeness (QED) is 0.727. The molecule has 0 aromatic heterocycles. The molecule has 0 bridgehead atoms. The van der Waals surface area contributed by atoms with Crippen LogP contribution in [0.25, 0.3) is 0 Å². The standard InChI is InChI=1S/C10H20N2O4S/c1-8(2)12(3)17(15,16)11-7-10(9(13)14)5-4-6-10/h8,11H,4-7H2,1-3H3,(H,13,14). The van der Waals surface area contributed by atoms with Gasteiger partial charge in [0.2, 0.25) is 0 Å². The Labute approximate surface area is 102 Å². The molecule has 1 rings (SSSR count). The van der Waals surface area contributed by atoms with Crippen molar-refractivity contribution >= 4 is 16.2 Å². The number of hydrogen-bond donors (Lipinski definition) is 2. The van der Waals surface area contributed by atoms with Gasteiger partial charge in [0.25, 0.3) is 10.2 Å². The number of carboxylic acid groups (broad SMARTS) is 1. The van der Waals surface area contributed by atoms with Crippen molar-refractivity contribution < 1.29 is 18.3 Å². The summed E-state index contributed by atoms with van der Waals surface area (Å²) in [6.45, 7) is 3.49. The van der Waals surface area contributed by atoms with E-state index >= 15 is 0 Å². The maximum Gasteiger partial charge on any atom is 0.310 e. The van der Waals surface area contributed by atoms with Gasteiger partial charge in [0.15, 0.2) is 0 Å². The molecule has 1 aliphatic carbocycles. The van der Waals surface area contributed by atoms with Gasteiger partial charge in [-0.05, 0) is 26.7 Å². The third-order valence-corrected chi connectivity index (χ3v) is 5.15. The van der Waals surface area contributed by atoms with Crippen molar-refractivity contribution in [1.82, 2.24) is 9.03 Å². The minimum absolute atomic E-state index is 0.0261. The molecule has 0 heterocycles. The van der Waals surface area contributed by atoms with Crippen molar-refractivity contribution in [1.29, 1.82) is 0 Å². The Kier molecular flexibility index (Phi) is 4.16.